The maximum atomic E-state index is 6.58. The molecule has 0 spiro atoms. The Hall–Kier alpha value is -1.77. The first-order chi connectivity index (χ1) is 11.7. The van der Waals surface area contributed by atoms with E-state index in [1.807, 2.05) is 6.07 Å². The standard InChI is InChI=1S/C21H22ClNO/c1-24-15-6-8-16-14(10-15)11-20-17(3-2-4-21(20)22)19-9-13(12-23)5-7-18(16)19/h2-4,6,8,10,13H,5,7,9,11-12,23H2,1H3. The number of fused-ring (bicyclic) bond motifs is 4. The Morgan fingerprint density at radius 2 is 2.04 bits per heavy atom. The van der Waals surface area contributed by atoms with Crippen LogP contribution in [-0.2, 0) is 6.42 Å². The van der Waals surface area contributed by atoms with Crippen molar-refractivity contribution in [2.75, 3.05) is 13.7 Å². The summed E-state index contributed by atoms with van der Waals surface area (Å²) in [6, 6.07) is 12.7. The van der Waals surface area contributed by atoms with E-state index in [0.717, 1.165) is 43.0 Å². The Bertz CT molecular complexity index is 825. The number of methoxy groups -OCH3 is 1. The van der Waals surface area contributed by atoms with Crippen LogP contribution in [0.15, 0.2) is 36.4 Å². The number of ether oxygens (including phenoxy) is 1. The monoisotopic (exact) mass is 339 g/mol. The van der Waals surface area contributed by atoms with Gasteiger partial charge in [0.05, 0.1) is 7.11 Å². The highest BCUT2D eigenvalue weighted by atomic mass is 35.5. The average molecular weight is 340 g/mol. The van der Waals surface area contributed by atoms with Gasteiger partial charge in [0, 0.05) is 11.4 Å². The van der Waals surface area contributed by atoms with Crippen LogP contribution in [0.5, 0.6) is 5.75 Å². The minimum Gasteiger partial charge on any atom is -0.497 e. The van der Waals surface area contributed by atoms with Gasteiger partial charge < -0.3 is 10.5 Å². The molecule has 2 nitrogen and oxygen atoms in total. The van der Waals surface area contributed by atoms with Gasteiger partial charge in [0.15, 0.2) is 0 Å². The van der Waals surface area contributed by atoms with E-state index in [1.165, 1.54) is 33.4 Å². The Balaban J connectivity index is 1.97. The molecular weight excluding hydrogens is 318 g/mol. The number of hydrogen-bond donors (Lipinski definition) is 1. The molecule has 4 rings (SSSR count). The molecule has 0 radical (unpaired) electrons. The van der Waals surface area contributed by atoms with E-state index < -0.39 is 0 Å². The number of benzene rings is 2. The van der Waals surface area contributed by atoms with Crippen LogP contribution in [0.25, 0.3) is 11.1 Å². The molecule has 0 saturated heterocycles. The molecule has 2 aromatic carbocycles. The third kappa shape index (κ3) is 2.54. The first-order valence-corrected chi connectivity index (χ1v) is 8.96. The summed E-state index contributed by atoms with van der Waals surface area (Å²) in [4.78, 5) is 0. The van der Waals surface area contributed by atoms with E-state index in [-0.39, 0.29) is 0 Å². The maximum Gasteiger partial charge on any atom is 0.119 e. The Morgan fingerprint density at radius 1 is 1.17 bits per heavy atom. The normalized spacial score (nSPS) is 19.2. The van der Waals surface area contributed by atoms with Crippen molar-refractivity contribution >= 4 is 22.7 Å². The quantitative estimate of drug-likeness (QED) is 0.842. The lowest BCUT2D eigenvalue weighted by Gasteiger charge is -2.27. The van der Waals surface area contributed by atoms with Gasteiger partial charge in [-0.2, -0.15) is 0 Å². The third-order valence-electron chi connectivity index (χ3n) is 5.44. The first-order valence-electron chi connectivity index (χ1n) is 8.58. The van der Waals surface area contributed by atoms with Gasteiger partial charge in [-0.3, -0.25) is 0 Å². The lowest BCUT2D eigenvalue weighted by molar-refractivity contribution is 0.414. The van der Waals surface area contributed by atoms with Gasteiger partial charge in [-0.15, -0.1) is 0 Å². The van der Waals surface area contributed by atoms with Gasteiger partial charge in [-0.1, -0.05) is 29.8 Å². The molecular formula is C21H22ClNO. The zero-order chi connectivity index (χ0) is 16.7. The minimum atomic E-state index is 0.565. The molecule has 2 aliphatic carbocycles. The second kappa shape index (κ2) is 6.27. The number of nitrogens with two attached hydrogens (primary N) is 1. The smallest absolute Gasteiger partial charge is 0.119 e. The zero-order valence-corrected chi connectivity index (χ0v) is 14.7. The molecule has 3 heteroatoms. The van der Waals surface area contributed by atoms with Crippen molar-refractivity contribution in [2.24, 2.45) is 11.7 Å². The topological polar surface area (TPSA) is 35.2 Å². The van der Waals surface area contributed by atoms with Crippen LogP contribution in [0.3, 0.4) is 0 Å². The Labute approximate surface area is 148 Å². The van der Waals surface area contributed by atoms with Crippen LogP contribution < -0.4 is 10.5 Å². The summed E-state index contributed by atoms with van der Waals surface area (Å²) in [6.45, 7) is 0.752. The Kier molecular flexibility index (Phi) is 4.11. The lowest BCUT2D eigenvalue weighted by atomic mass is 9.78. The summed E-state index contributed by atoms with van der Waals surface area (Å²) in [7, 11) is 1.72. The van der Waals surface area contributed by atoms with Gasteiger partial charge in [-0.25, -0.2) is 0 Å². The summed E-state index contributed by atoms with van der Waals surface area (Å²) < 4.78 is 5.44. The van der Waals surface area contributed by atoms with Crippen LogP contribution >= 0.6 is 11.6 Å². The van der Waals surface area contributed by atoms with E-state index in [4.69, 9.17) is 22.1 Å². The van der Waals surface area contributed by atoms with E-state index >= 15 is 0 Å². The molecule has 0 amide bonds. The fourth-order valence-corrected chi connectivity index (χ4v) is 4.37. The molecule has 0 saturated carbocycles. The summed E-state index contributed by atoms with van der Waals surface area (Å²) in [6.07, 6.45) is 4.14. The van der Waals surface area contributed by atoms with Crippen molar-refractivity contribution in [1.29, 1.82) is 0 Å². The molecule has 2 N–H and O–H groups in total. The van der Waals surface area contributed by atoms with Crippen LogP contribution in [0.4, 0.5) is 0 Å². The Morgan fingerprint density at radius 3 is 2.83 bits per heavy atom. The van der Waals surface area contributed by atoms with Gasteiger partial charge in [-0.05, 0) is 83.3 Å². The van der Waals surface area contributed by atoms with Crippen molar-refractivity contribution in [3.63, 3.8) is 0 Å². The summed E-state index contributed by atoms with van der Waals surface area (Å²) >= 11 is 6.58. The fourth-order valence-electron chi connectivity index (χ4n) is 4.13. The van der Waals surface area contributed by atoms with Crippen molar-refractivity contribution in [2.45, 2.75) is 25.7 Å². The van der Waals surface area contributed by atoms with Crippen molar-refractivity contribution in [1.82, 2.24) is 0 Å². The van der Waals surface area contributed by atoms with Crippen LogP contribution in [0.2, 0.25) is 5.02 Å². The maximum absolute atomic E-state index is 6.58. The van der Waals surface area contributed by atoms with Crippen LogP contribution in [0.1, 0.15) is 41.5 Å². The van der Waals surface area contributed by atoms with E-state index in [0.29, 0.717) is 5.92 Å². The molecule has 2 aromatic rings. The van der Waals surface area contributed by atoms with E-state index in [9.17, 15) is 0 Å². The highest BCUT2D eigenvalue weighted by Crippen LogP contribution is 2.46. The molecule has 124 valence electrons. The number of halogens is 1. The van der Waals surface area contributed by atoms with Gasteiger partial charge >= 0.3 is 0 Å². The summed E-state index contributed by atoms with van der Waals surface area (Å²) in [5.41, 5.74) is 14.1. The number of hydrogen-bond acceptors (Lipinski definition) is 2. The first kappa shape index (κ1) is 15.7. The predicted octanol–water partition coefficient (Wildman–Crippen LogP) is 4.92. The molecule has 0 bridgehead atoms. The highest BCUT2D eigenvalue weighted by molar-refractivity contribution is 6.31. The van der Waals surface area contributed by atoms with Gasteiger partial charge in [0.2, 0.25) is 0 Å². The molecule has 1 unspecified atom stereocenters. The average Bonchev–Trinajstić information content (AvgIpc) is 2.76. The molecule has 24 heavy (non-hydrogen) atoms. The predicted molar refractivity (Wildman–Crippen MR) is 100 cm³/mol. The second-order valence-corrected chi connectivity index (χ2v) is 7.17. The summed E-state index contributed by atoms with van der Waals surface area (Å²) in [5.74, 6) is 1.47. The molecule has 1 atom stereocenters. The van der Waals surface area contributed by atoms with E-state index in [1.54, 1.807) is 7.11 Å². The fraction of sp³-hybridized carbons (Fsp3) is 0.333. The van der Waals surface area contributed by atoms with Gasteiger partial charge in [0.1, 0.15) is 5.75 Å². The molecule has 0 fully saturated rings. The SMILES string of the molecule is COc1ccc2c(c1)Cc1c(Cl)cccc1C1=C2CCC(CN)C1. The molecule has 0 aromatic heterocycles. The van der Waals surface area contributed by atoms with Crippen molar-refractivity contribution in [3.8, 4) is 5.75 Å². The van der Waals surface area contributed by atoms with Crippen molar-refractivity contribution in [3.05, 3.63) is 63.7 Å². The number of rotatable bonds is 2. The molecule has 0 heterocycles. The third-order valence-corrected chi connectivity index (χ3v) is 5.80. The van der Waals surface area contributed by atoms with E-state index in [2.05, 4.69) is 30.3 Å². The summed E-state index contributed by atoms with van der Waals surface area (Å²) in [5, 5.41) is 0.852. The zero-order valence-electron chi connectivity index (χ0n) is 13.9. The highest BCUT2D eigenvalue weighted by Gasteiger charge is 2.28. The minimum absolute atomic E-state index is 0.565. The van der Waals surface area contributed by atoms with Crippen LogP contribution in [0, 0.1) is 5.92 Å². The second-order valence-electron chi connectivity index (χ2n) is 6.77. The van der Waals surface area contributed by atoms with Crippen LogP contribution in [-0.4, -0.2) is 13.7 Å². The number of allylic oxidation sites excluding steroid dienone is 2. The molecule has 2 aliphatic rings. The lowest BCUT2D eigenvalue weighted by Crippen LogP contribution is -2.18. The van der Waals surface area contributed by atoms with Gasteiger partial charge in [0.25, 0.3) is 0 Å². The van der Waals surface area contributed by atoms with Crippen molar-refractivity contribution < 1.29 is 4.74 Å². The largest absolute Gasteiger partial charge is 0.497 e. The molecule has 0 aliphatic heterocycles.